The lowest BCUT2D eigenvalue weighted by Crippen LogP contribution is -1.99. The van der Waals surface area contributed by atoms with E-state index < -0.39 is 0 Å². The molecule has 0 unspecified atom stereocenters. The standard InChI is InChI=1S/C15H17NO2/c1-11(2)12-4-6-14(7-5-12)16-9-8-13(10-16)15(17)18-3/h4-11H,1-3H3. The molecule has 0 aliphatic heterocycles. The van der Waals surface area contributed by atoms with Crippen LogP contribution in [0.5, 0.6) is 0 Å². The zero-order valence-electron chi connectivity index (χ0n) is 10.9. The zero-order chi connectivity index (χ0) is 13.1. The fourth-order valence-electron chi connectivity index (χ4n) is 1.83. The average molecular weight is 243 g/mol. The summed E-state index contributed by atoms with van der Waals surface area (Å²) in [5.41, 5.74) is 2.90. The molecule has 0 bridgehead atoms. The molecule has 2 aromatic rings. The van der Waals surface area contributed by atoms with Gasteiger partial charge in [0.05, 0.1) is 12.7 Å². The van der Waals surface area contributed by atoms with Crippen LogP contribution in [0.25, 0.3) is 5.69 Å². The van der Waals surface area contributed by atoms with Gasteiger partial charge in [0.1, 0.15) is 0 Å². The fraction of sp³-hybridized carbons (Fsp3) is 0.267. The van der Waals surface area contributed by atoms with Crippen LogP contribution in [0, 0.1) is 0 Å². The molecule has 0 radical (unpaired) electrons. The highest BCUT2D eigenvalue weighted by Crippen LogP contribution is 2.17. The summed E-state index contributed by atoms with van der Waals surface area (Å²) in [6.07, 6.45) is 3.63. The summed E-state index contributed by atoms with van der Waals surface area (Å²) >= 11 is 0. The van der Waals surface area contributed by atoms with Crippen molar-refractivity contribution >= 4 is 5.97 Å². The molecule has 0 saturated carbocycles. The van der Waals surface area contributed by atoms with Gasteiger partial charge in [-0.1, -0.05) is 26.0 Å². The SMILES string of the molecule is COC(=O)c1ccn(-c2ccc(C(C)C)cc2)c1. The molecule has 94 valence electrons. The first kappa shape index (κ1) is 12.4. The molecule has 2 rings (SSSR count). The molecule has 0 aliphatic carbocycles. The van der Waals surface area contributed by atoms with Crippen LogP contribution in [0.2, 0.25) is 0 Å². The van der Waals surface area contributed by atoms with Crippen molar-refractivity contribution < 1.29 is 9.53 Å². The van der Waals surface area contributed by atoms with Crippen molar-refractivity contribution in [3.8, 4) is 5.69 Å². The Morgan fingerprint density at radius 3 is 2.39 bits per heavy atom. The zero-order valence-corrected chi connectivity index (χ0v) is 10.9. The van der Waals surface area contributed by atoms with E-state index in [1.807, 2.05) is 10.8 Å². The molecule has 0 amide bonds. The molecule has 0 N–H and O–H groups in total. The Hall–Kier alpha value is -2.03. The monoisotopic (exact) mass is 243 g/mol. The van der Waals surface area contributed by atoms with Crippen molar-refractivity contribution in [2.45, 2.75) is 19.8 Å². The highest BCUT2D eigenvalue weighted by Gasteiger charge is 2.07. The van der Waals surface area contributed by atoms with Gasteiger partial charge < -0.3 is 9.30 Å². The van der Waals surface area contributed by atoms with Gasteiger partial charge in [-0.05, 0) is 29.7 Å². The maximum absolute atomic E-state index is 11.4. The number of benzene rings is 1. The third-order valence-electron chi connectivity index (χ3n) is 2.97. The predicted octanol–water partition coefficient (Wildman–Crippen LogP) is 3.39. The molecule has 0 saturated heterocycles. The fourth-order valence-corrected chi connectivity index (χ4v) is 1.83. The van der Waals surface area contributed by atoms with Crippen molar-refractivity contribution in [3.05, 3.63) is 53.9 Å². The van der Waals surface area contributed by atoms with E-state index in [1.165, 1.54) is 12.7 Å². The topological polar surface area (TPSA) is 31.2 Å². The van der Waals surface area contributed by atoms with Crippen LogP contribution in [-0.4, -0.2) is 17.6 Å². The number of esters is 1. The average Bonchev–Trinajstić information content (AvgIpc) is 2.87. The number of nitrogens with zero attached hydrogens (tertiary/aromatic N) is 1. The van der Waals surface area contributed by atoms with Crippen molar-refractivity contribution in [1.82, 2.24) is 4.57 Å². The van der Waals surface area contributed by atoms with E-state index in [0.29, 0.717) is 11.5 Å². The Kier molecular flexibility index (Phi) is 3.51. The molecule has 1 aromatic heterocycles. The highest BCUT2D eigenvalue weighted by molar-refractivity contribution is 5.89. The second-order valence-electron chi connectivity index (χ2n) is 4.55. The Morgan fingerprint density at radius 2 is 1.83 bits per heavy atom. The minimum atomic E-state index is -0.312. The molecular formula is C15H17NO2. The van der Waals surface area contributed by atoms with Crippen LogP contribution in [0.15, 0.2) is 42.7 Å². The van der Waals surface area contributed by atoms with Crippen LogP contribution < -0.4 is 0 Å². The predicted molar refractivity (Wildman–Crippen MR) is 71.2 cm³/mol. The van der Waals surface area contributed by atoms with Gasteiger partial charge in [-0.2, -0.15) is 0 Å². The highest BCUT2D eigenvalue weighted by atomic mass is 16.5. The minimum Gasteiger partial charge on any atom is -0.465 e. The van der Waals surface area contributed by atoms with Gasteiger partial charge in [0.2, 0.25) is 0 Å². The van der Waals surface area contributed by atoms with E-state index in [9.17, 15) is 4.79 Å². The molecule has 0 atom stereocenters. The third-order valence-corrected chi connectivity index (χ3v) is 2.97. The summed E-state index contributed by atoms with van der Waals surface area (Å²) in [5, 5.41) is 0. The Bertz CT molecular complexity index is 538. The van der Waals surface area contributed by atoms with Gasteiger partial charge in [-0.3, -0.25) is 0 Å². The van der Waals surface area contributed by atoms with Gasteiger partial charge in [0.15, 0.2) is 0 Å². The minimum absolute atomic E-state index is 0.312. The lowest BCUT2D eigenvalue weighted by atomic mass is 10.0. The molecule has 1 heterocycles. The quantitative estimate of drug-likeness (QED) is 0.774. The Morgan fingerprint density at radius 1 is 1.17 bits per heavy atom. The lowest BCUT2D eigenvalue weighted by Gasteiger charge is -2.07. The summed E-state index contributed by atoms with van der Waals surface area (Å²) in [5.74, 6) is 0.210. The van der Waals surface area contributed by atoms with E-state index in [1.54, 1.807) is 12.3 Å². The van der Waals surface area contributed by atoms with Crippen LogP contribution >= 0.6 is 0 Å². The van der Waals surface area contributed by atoms with Crippen molar-refractivity contribution in [2.24, 2.45) is 0 Å². The Labute approximate surface area is 107 Å². The van der Waals surface area contributed by atoms with Gasteiger partial charge in [-0.15, -0.1) is 0 Å². The summed E-state index contributed by atoms with van der Waals surface area (Å²) in [6, 6.07) is 10.1. The largest absolute Gasteiger partial charge is 0.465 e. The van der Waals surface area contributed by atoms with Crippen LogP contribution in [0.1, 0.15) is 35.7 Å². The van der Waals surface area contributed by atoms with E-state index in [0.717, 1.165) is 5.69 Å². The van der Waals surface area contributed by atoms with E-state index in [4.69, 9.17) is 0 Å². The number of rotatable bonds is 3. The number of hydrogen-bond donors (Lipinski definition) is 0. The number of aromatic nitrogens is 1. The van der Waals surface area contributed by atoms with Gasteiger partial charge in [0.25, 0.3) is 0 Å². The first-order valence-electron chi connectivity index (χ1n) is 5.98. The van der Waals surface area contributed by atoms with Gasteiger partial charge >= 0.3 is 5.97 Å². The molecule has 18 heavy (non-hydrogen) atoms. The molecule has 0 fully saturated rings. The summed E-state index contributed by atoms with van der Waals surface area (Å²) in [7, 11) is 1.39. The van der Waals surface area contributed by atoms with Crippen LogP contribution in [0.4, 0.5) is 0 Å². The number of hydrogen-bond acceptors (Lipinski definition) is 2. The number of methoxy groups -OCH3 is 1. The summed E-state index contributed by atoms with van der Waals surface area (Å²) in [6.45, 7) is 4.33. The lowest BCUT2D eigenvalue weighted by molar-refractivity contribution is 0.0601. The third kappa shape index (κ3) is 2.45. The first-order chi connectivity index (χ1) is 8.61. The van der Waals surface area contributed by atoms with Crippen molar-refractivity contribution in [1.29, 1.82) is 0 Å². The van der Waals surface area contributed by atoms with Crippen molar-refractivity contribution in [2.75, 3.05) is 7.11 Å². The molecule has 0 aliphatic rings. The molecule has 1 aromatic carbocycles. The van der Waals surface area contributed by atoms with E-state index in [-0.39, 0.29) is 5.97 Å². The van der Waals surface area contributed by atoms with E-state index >= 15 is 0 Å². The number of carbonyl (C=O) groups excluding carboxylic acids is 1. The van der Waals surface area contributed by atoms with Crippen LogP contribution in [-0.2, 0) is 4.74 Å². The maximum Gasteiger partial charge on any atom is 0.339 e. The van der Waals surface area contributed by atoms with Crippen LogP contribution in [0.3, 0.4) is 0 Å². The van der Waals surface area contributed by atoms with E-state index in [2.05, 4.69) is 42.8 Å². The molecule has 3 heteroatoms. The second kappa shape index (κ2) is 5.08. The number of carbonyl (C=O) groups is 1. The molecule has 0 spiro atoms. The van der Waals surface area contributed by atoms with Crippen molar-refractivity contribution in [3.63, 3.8) is 0 Å². The molecule has 3 nitrogen and oxygen atoms in total. The molecular weight excluding hydrogens is 226 g/mol. The maximum atomic E-state index is 11.4. The first-order valence-corrected chi connectivity index (χ1v) is 5.98. The normalized spacial score (nSPS) is 10.7. The summed E-state index contributed by atoms with van der Waals surface area (Å²) < 4.78 is 6.60. The summed E-state index contributed by atoms with van der Waals surface area (Å²) in [4.78, 5) is 11.4. The second-order valence-corrected chi connectivity index (χ2v) is 4.55. The van der Waals surface area contributed by atoms with Gasteiger partial charge in [0, 0.05) is 18.1 Å². The smallest absolute Gasteiger partial charge is 0.339 e. The van der Waals surface area contributed by atoms with Gasteiger partial charge in [-0.25, -0.2) is 4.79 Å². The Balaban J connectivity index is 2.26. The number of ether oxygens (including phenoxy) is 1.